The maximum Gasteiger partial charge on any atom is 0.257 e. The molecule has 0 saturated heterocycles. The summed E-state index contributed by atoms with van der Waals surface area (Å²) in [5.74, 6) is 1.25. The van der Waals surface area contributed by atoms with Gasteiger partial charge in [0, 0.05) is 5.56 Å². The molecular weight excluding hydrogens is 352 g/mol. The van der Waals surface area contributed by atoms with Gasteiger partial charge in [-0.2, -0.15) is 0 Å². The van der Waals surface area contributed by atoms with Crippen LogP contribution < -0.4 is 19.5 Å². The molecule has 26 heavy (non-hydrogen) atoms. The first kappa shape index (κ1) is 16.7. The Bertz CT molecular complexity index is 995. The lowest BCUT2D eigenvalue weighted by Crippen LogP contribution is -2.18. The van der Waals surface area contributed by atoms with Crippen molar-refractivity contribution in [1.29, 1.82) is 0 Å². The summed E-state index contributed by atoms with van der Waals surface area (Å²) in [6.07, 6.45) is 0. The average molecular weight is 370 g/mol. The number of aromatic nitrogens is 1. The standard InChI is InChI=1S/C19H18N2O4S/c1-10-6-11(2)16-15(7-10)26-19(20-16)21-18(22)12-8-13(23-3)17-14(9-12)24-4-5-25-17/h6-9H,4-5H2,1-3H3,(H,20,21,22). The molecule has 0 fully saturated rings. The molecule has 1 aliphatic heterocycles. The Morgan fingerprint density at radius 1 is 1.19 bits per heavy atom. The molecule has 1 aliphatic rings. The number of nitrogens with zero attached hydrogens (tertiary/aromatic N) is 1. The number of aryl methyl sites for hydroxylation is 2. The molecule has 134 valence electrons. The van der Waals surface area contributed by atoms with Crippen molar-refractivity contribution in [3.63, 3.8) is 0 Å². The van der Waals surface area contributed by atoms with Gasteiger partial charge >= 0.3 is 0 Å². The zero-order chi connectivity index (χ0) is 18.3. The summed E-state index contributed by atoms with van der Waals surface area (Å²) in [5, 5.41) is 3.43. The minimum absolute atomic E-state index is 0.270. The van der Waals surface area contributed by atoms with Gasteiger partial charge in [-0.3, -0.25) is 10.1 Å². The van der Waals surface area contributed by atoms with Gasteiger partial charge in [0.15, 0.2) is 16.6 Å². The predicted molar refractivity (Wildman–Crippen MR) is 101 cm³/mol. The van der Waals surface area contributed by atoms with Crippen molar-refractivity contribution < 1.29 is 19.0 Å². The fraction of sp³-hybridized carbons (Fsp3) is 0.263. The van der Waals surface area contributed by atoms with E-state index in [4.69, 9.17) is 14.2 Å². The Balaban J connectivity index is 1.65. The van der Waals surface area contributed by atoms with E-state index in [9.17, 15) is 4.79 Å². The maximum atomic E-state index is 12.7. The third-order valence-electron chi connectivity index (χ3n) is 4.14. The van der Waals surface area contributed by atoms with Crippen LogP contribution in [-0.4, -0.2) is 31.2 Å². The molecule has 0 spiro atoms. The van der Waals surface area contributed by atoms with Gasteiger partial charge in [0.2, 0.25) is 5.75 Å². The number of ether oxygens (including phenoxy) is 3. The van der Waals surface area contributed by atoms with Crippen LogP contribution in [0.15, 0.2) is 24.3 Å². The van der Waals surface area contributed by atoms with Crippen molar-refractivity contribution in [1.82, 2.24) is 4.98 Å². The van der Waals surface area contributed by atoms with Crippen molar-refractivity contribution in [3.8, 4) is 17.2 Å². The Hall–Kier alpha value is -2.80. The molecule has 0 radical (unpaired) electrons. The van der Waals surface area contributed by atoms with E-state index in [1.54, 1.807) is 12.1 Å². The lowest BCUT2D eigenvalue weighted by molar-refractivity contribution is 0.102. The number of methoxy groups -OCH3 is 1. The number of benzene rings is 2. The fourth-order valence-electron chi connectivity index (χ4n) is 3.00. The molecule has 0 atom stereocenters. The number of hydrogen-bond donors (Lipinski definition) is 1. The molecule has 1 aromatic heterocycles. The Kier molecular flexibility index (Phi) is 4.16. The topological polar surface area (TPSA) is 69.7 Å². The number of fused-ring (bicyclic) bond motifs is 2. The van der Waals surface area contributed by atoms with Gasteiger partial charge in [-0.15, -0.1) is 0 Å². The molecule has 0 unspecified atom stereocenters. The van der Waals surface area contributed by atoms with E-state index in [2.05, 4.69) is 22.4 Å². The maximum absolute atomic E-state index is 12.7. The monoisotopic (exact) mass is 370 g/mol. The van der Waals surface area contributed by atoms with Crippen molar-refractivity contribution in [3.05, 3.63) is 41.0 Å². The van der Waals surface area contributed by atoms with E-state index < -0.39 is 0 Å². The van der Waals surface area contributed by atoms with Crippen LogP contribution in [0.5, 0.6) is 17.2 Å². The van der Waals surface area contributed by atoms with E-state index >= 15 is 0 Å². The highest BCUT2D eigenvalue weighted by molar-refractivity contribution is 7.22. The van der Waals surface area contributed by atoms with Crippen LogP contribution in [0.3, 0.4) is 0 Å². The highest BCUT2D eigenvalue weighted by atomic mass is 32.1. The second kappa shape index (κ2) is 6.49. The number of nitrogens with one attached hydrogen (secondary N) is 1. The minimum Gasteiger partial charge on any atom is -0.493 e. The van der Waals surface area contributed by atoms with Crippen molar-refractivity contribution in [2.75, 3.05) is 25.6 Å². The second-order valence-electron chi connectivity index (χ2n) is 6.10. The number of anilines is 1. The molecule has 0 bridgehead atoms. The Morgan fingerprint density at radius 3 is 2.81 bits per heavy atom. The zero-order valence-electron chi connectivity index (χ0n) is 14.7. The normalized spacial score (nSPS) is 12.9. The van der Waals surface area contributed by atoms with Crippen LogP contribution in [0.4, 0.5) is 5.13 Å². The fourth-order valence-corrected chi connectivity index (χ4v) is 4.03. The van der Waals surface area contributed by atoms with Gasteiger partial charge in [-0.25, -0.2) is 4.98 Å². The van der Waals surface area contributed by atoms with E-state index in [0.717, 1.165) is 15.8 Å². The summed E-state index contributed by atoms with van der Waals surface area (Å²) in [7, 11) is 1.54. The SMILES string of the molecule is COc1cc(C(=O)Nc2nc3c(C)cc(C)cc3s2)cc2c1OCCO2. The quantitative estimate of drug-likeness (QED) is 0.756. The van der Waals surface area contributed by atoms with E-state index in [1.165, 1.54) is 24.0 Å². The van der Waals surface area contributed by atoms with Gasteiger partial charge in [-0.05, 0) is 43.2 Å². The molecule has 1 amide bonds. The number of carbonyl (C=O) groups excluding carboxylic acids is 1. The summed E-state index contributed by atoms with van der Waals surface area (Å²) >= 11 is 1.46. The first-order chi connectivity index (χ1) is 12.5. The van der Waals surface area contributed by atoms with Crippen LogP contribution >= 0.6 is 11.3 Å². The molecule has 7 heteroatoms. The van der Waals surface area contributed by atoms with Gasteiger partial charge in [0.1, 0.15) is 13.2 Å². The third kappa shape index (κ3) is 2.94. The van der Waals surface area contributed by atoms with Gasteiger partial charge in [0.25, 0.3) is 5.91 Å². The van der Waals surface area contributed by atoms with E-state index in [-0.39, 0.29) is 5.91 Å². The van der Waals surface area contributed by atoms with Crippen molar-refractivity contribution >= 4 is 32.6 Å². The highest BCUT2D eigenvalue weighted by Gasteiger charge is 2.21. The van der Waals surface area contributed by atoms with Gasteiger partial charge < -0.3 is 14.2 Å². The van der Waals surface area contributed by atoms with Crippen LogP contribution in [-0.2, 0) is 0 Å². The predicted octanol–water partition coefficient (Wildman–Crippen LogP) is 3.95. The van der Waals surface area contributed by atoms with Crippen LogP contribution in [0, 0.1) is 13.8 Å². The Labute approximate surface area is 154 Å². The molecule has 0 saturated carbocycles. The molecular formula is C19H18N2O4S. The highest BCUT2D eigenvalue weighted by Crippen LogP contribution is 2.40. The molecule has 3 aromatic rings. The van der Waals surface area contributed by atoms with Crippen LogP contribution in [0.2, 0.25) is 0 Å². The second-order valence-corrected chi connectivity index (χ2v) is 7.14. The lowest BCUT2D eigenvalue weighted by Gasteiger charge is -2.21. The third-order valence-corrected chi connectivity index (χ3v) is 5.06. The summed E-state index contributed by atoms with van der Waals surface area (Å²) in [6, 6.07) is 7.46. The van der Waals surface area contributed by atoms with E-state index in [1.807, 2.05) is 13.8 Å². The number of rotatable bonds is 3. The van der Waals surface area contributed by atoms with Crippen LogP contribution in [0.25, 0.3) is 10.2 Å². The molecule has 4 rings (SSSR count). The van der Waals surface area contributed by atoms with E-state index in [0.29, 0.717) is 41.2 Å². The van der Waals surface area contributed by atoms with Crippen molar-refractivity contribution in [2.24, 2.45) is 0 Å². The largest absolute Gasteiger partial charge is 0.493 e. The molecule has 2 heterocycles. The lowest BCUT2D eigenvalue weighted by atomic mass is 10.1. The molecule has 1 N–H and O–H groups in total. The van der Waals surface area contributed by atoms with Gasteiger partial charge in [0.05, 0.1) is 17.3 Å². The number of amides is 1. The number of hydrogen-bond acceptors (Lipinski definition) is 6. The van der Waals surface area contributed by atoms with Crippen LogP contribution in [0.1, 0.15) is 21.5 Å². The Morgan fingerprint density at radius 2 is 2.00 bits per heavy atom. The number of thiazole rings is 1. The summed E-state index contributed by atoms with van der Waals surface area (Å²) in [6.45, 7) is 4.97. The summed E-state index contributed by atoms with van der Waals surface area (Å²) in [5.41, 5.74) is 3.61. The number of carbonyl (C=O) groups is 1. The van der Waals surface area contributed by atoms with Crippen molar-refractivity contribution in [2.45, 2.75) is 13.8 Å². The summed E-state index contributed by atoms with van der Waals surface area (Å²) in [4.78, 5) is 17.2. The van der Waals surface area contributed by atoms with Gasteiger partial charge in [-0.1, -0.05) is 17.4 Å². The molecule has 2 aromatic carbocycles. The summed E-state index contributed by atoms with van der Waals surface area (Å²) < 4.78 is 17.5. The zero-order valence-corrected chi connectivity index (χ0v) is 15.5. The average Bonchev–Trinajstić information content (AvgIpc) is 3.03. The molecule has 0 aliphatic carbocycles. The smallest absolute Gasteiger partial charge is 0.257 e. The first-order valence-corrected chi connectivity index (χ1v) is 9.03. The first-order valence-electron chi connectivity index (χ1n) is 8.22. The molecule has 6 nitrogen and oxygen atoms in total. The minimum atomic E-state index is -0.270.